The largest absolute Gasteiger partial charge is 0.306 e. The Morgan fingerprint density at radius 1 is 1.33 bits per heavy atom. The van der Waals surface area contributed by atoms with Crippen LogP contribution >= 0.6 is 0 Å². The molecule has 1 atom stereocenters. The summed E-state index contributed by atoms with van der Waals surface area (Å²) in [6.07, 6.45) is 1.07. The third-order valence-corrected chi connectivity index (χ3v) is 4.60. The van der Waals surface area contributed by atoms with Gasteiger partial charge in [0.2, 0.25) is 10.0 Å². The highest BCUT2D eigenvalue weighted by molar-refractivity contribution is 7.88. The van der Waals surface area contributed by atoms with Gasteiger partial charge >= 0.3 is 0 Å². The third kappa shape index (κ3) is 4.08. The first-order chi connectivity index (χ1) is 8.55. The number of hydrogen-bond acceptors (Lipinski definition) is 3. The Morgan fingerprint density at radius 2 is 2.06 bits per heavy atom. The van der Waals surface area contributed by atoms with Gasteiger partial charge < -0.3 is 4.90 Å². The van der Waals surface area contributed by atoms with E-state index in [4.69, 9.17) is 0 Å². The summed E-state index contributed by atoms with van der Waals surface area (Å²) >= 11 is 0. The molecule has 1 aliphatic heterocycles. The minimum atomic E-state index is -3.21. The molecule has 1 unspecified atom stereocenters. The minimum Gasteiger partial charge on any atom is -0.306 e. The van der Waals surface area contributed by atoms with Crippen molar-refractivity contribution in [3.8, 4) is 0 Å². The highest BCUT2D eigenvalue weighted by Crippen LogP contribution is 2.13. The number of benzene rings is 1. The molecule has 0 saturated carbocycles. The summed E-state index contributed by atoms with van der Waals surface area (Å²) in [5, 5.41) is 0. The molecule has 0 aromatic heterocycles. The molecular formula is C13H20N2O2S. The van der Waals surface area contributed by atoms with Gasteiger partial charge in [0.15, 0.2) is 0 Å². The molecule has 1 N–H and O–H groups in total. The lowest BCUT2D eigenvalue weighted by molar-refractivity contribution is 0.394. The van der Waals surface area contributed by atoms with Crippen molar-refractivity contribution in [1.82, 2.24) is 9.62 Å². The Hall–Kier alpha value is -0.910. The Balaban J connectivity index is 1.84. The summed E-state index contributed by atoms with van der Waals surface area (Å²) in [6.45, 7) is 2.60. The van der Waals surface area contributed by atoms with Crippen LogP contribution in [0.3, 0.4) is 0 Å². The van der Waals surface area contributed by atoms with Crippen LogP contribution in [0.1, 0.15) is 12.0 Å². The lowest BCUT2D eigenvalue weighted by Crippen LogP contribution is -2.31. The second-order valence-corrected chi connectivity index (χ2v) is 6.82. The van der Waals surface area contributed by atoms with Crippen LogP contribution in [0.25, 0.3) is 0 Å². The molecular weight excluding hydrogens is 248 g/mol. The molecule has 4 nitrogen and oxygen atoms in total. The molecule has 1 aromatic carbocycles. The molecule has 1 aromatic rings. The second kappa shape index (κ2) is 5.82. The van der Waals surface area contributed by atoms with Crippen LogP contribution < -0.4 is 4.72 Å². The van der Waals surface area contributed by atoms with E-state index in [2.05, 4.69) is 16.7 Å². The van der Waals surface area contributed by atoms with Crippen LogP contribution in [0.2, 0.25) is 0 Å². The van der Waals surface area contributed by atoms with Gasteiger partial charge in [-0.25, -0.2) is 13.1 Å². The fourth-order valence-electron chi connectivity index (χ4n) is 2.28. The van der Waals surface area contributed by atoms with E-state index in [1.54, 1.807) is 0 Å². The minimum absolute atomic E-state index is 0.0659. The Bertz CT molecular complexity index is 473. The summed E-state index contributed by atoms with van der Waals surface area (Å²) < 4.78 is 26.5. The van der Waals surface area contributed by atoms with Gasteiger partial charge in [-0.3, -0.25) is 0 Å². The van der Waals surface area contributed by atoms with Gasteiger partial charge in [-0.15, -0.1) is 0 Å². The van der Waals surface area contributed by atoms with Gasteiger partial charge in [-0.05, 0) is 31.5 Å². The number of nitrogens with zero attached hydrogens (tertiary/aromatic N) is 1. The van der Waals surface area contributed by atoms with Crippen molar-refractivity contribution >= 4 is 10.0 Å². The van der Waals surface area contributed by atoms with E-state index in [-0.39, 0.29) is 5.75 Å². The van der Waals surface area contributed by atoms with Crippen molar-refractivity contribution in [1.29, 1.82) is 0 Å². The maximum atomic E-state index is 11.9. The summed E-state index contributed by atoms with van der Waals surface area (Å²) in [4.78, 5) is 2.23. The van der Waals surface area contributed by atoms with E-state index in [9.17, 15) is 8.42 Å². The molecule has 0 amide bonds. The van der Waals surface area contributed by atoms with Gasteiger partial charge in [-0.2, -0.15) is 0 Å². The van der Waals surface area contributed by atoms with Gasteiger partial charge in [0.05, 0.1) is 5.75 Å². The van der Waals surface area contributed by atoms with Crippen molar-refractivity contribution in [2.75, 3.05) is 26.7 Å². The molecule has 0 radical (unpaired) electrons. The van der Waals surface area contributed by atoms with Gasteiger partial charge in [0, 0.05) is 13.1 Å². The summed E-state index contributed by atoms with van der Waals surface area (Å²) in [5.74, 6) is 0.511. The lowest BCUT2D eigenvalue weighted by atomic mass is 10.1. The van der Waals surface area contributed by atoms with Crippen molar-refractivity contribution in [2.45, 2.75) is 12.2 Å². The quantitative estimate of drug-likeness (QED) is 0.868. The number of likely N-dealkylation sites (tertiary alicyclic amines) is 1. The zero-order chi connectivity index (χ0) is 13.0. The van der Waals surface area contributed by atoms with Crippen LogP contribution in [0.5, 0.6) is 0 Å². The van der Waals surface area contributed by atoms with Gasteiger partial charge in [0.25, 0.3) is 0 Å². The van der Waals surface area contributed by atoms with E-state index in [1.165, 1.54) is 0 Å². The van der Waals surface area contributed by atoms with Crippen LogP contribution in [-0.2, 0) is 15.8 Å². The predicted octanol–water partition coefficient (Wildman–Crippen LogP) is 1.06. The van der Waals surface area contributed by atoms with Crippen LogP contribution in [0.4, 0.5) is 0 Å². The molecule has 1 saturated heterocycles. The molecule has 100 valence electrons. The van der Waals surface area contributed by atoms with Gasteiger partial charge in [0.1, 0.15) is 0 Å². The summed E-state index contributed by atoms with van der Waals surface area (Å²) in [5.41, 5.74) is 0.827. The van der Waals surface area contributed by atoms with Crippen molar-refractivity contribution in [3.63, 3.8) is 0 Å². The first-order valence-electron chi connectivity index (χ1n) is 6.25. The van der Waals surface area contributed by atoms with Gasteiger partial charge in [-0.1, -0.05) is 30.3 Å². The maximum absolute atomic E-state index is 11.9. The van der Waals surface area contributed by atoms with E-state index in [0.29, 0.717) is 12.5 Å². The summed E-state index contributed by atoms with van der Waals surface area (Å²) in [6, 6.07) is 9.27. The third-order valence-electron chi connectivity index (χ3n) is 3.28. The molecule has 1 aliphatic rings. The van der Waals surface area contributed by atoms with Crippen LogP contribution in [0.15, 0.2) is 30.3 Å². The molecule has 0 bridgehead atoms. The average Bonchev–Trinajstić information content (AvgIpc) is 2.74. The summed E-state index contributed by atoms with van der Waals surface area (Å²) in [7, 11) is -1.14. The first kappa shape index (κ1) is 13.5. The molecule has 2 rings (SSSR count). The first-order valence-corrected chi connectivity index (χ1v) is 7.90. The maximum Gasteiger partial charge on any atom is 0.215 e. The zero-order valence-corrected chi connectivity index (χ0v) is 11.5. The fraction of sp³-hybridized carbons (Fsp3) is 0.538. The molecule has 0 aliphatic carbocycles. The van der Waals surface area contributed by atoms with Crippen LogP contribution in [0, 0.1) is 5.92 Å². The Morgan fingerprint density at radius 3 is 2.67 bits per heavy atom. The number of rotatable bonds is 5. The van der Waals surface area contributed by atoms with E-state index >= 15 is 0 Å². The molecule has 18 heavy (non-hydrogen) atoms. The smallest absolute Gasteiger partial charge is 0.215 e. The van der Waals surface area contributed by atoms with E-state index < -0.39 is 10.0 Å². The van der Waals surface area contributed by atoms with E-state index in [0.717, 1.165) is 25.1 Å². The molecule has 0 spiro atoms. The Labute approximate surface area is 109 Å². The topological polar surface area (TPSA) is 49.4 Å². The highest BCUT2D eigenvalue weighted by Gasteiger charge is 2.21. The highest BCUT2D eigenvalue weighted by atomic mass is 32.2. The van der Waals surface area contributed by atoms with Crippen molar-refractivity contribution < 1.29 is 8.42 Å². The number of nitrogens with one attached hydrogen (secondary N) is 1. The average molecular weight is 268 g/mol. The van der Waals surface area contributed by atoms with Crippen molar-refractivity contribution in [2.24, 2.45) is 5.92 Å². The predicted molar refractivity (Wildman–Crippen MR) is 72.7 cm³/mol. The fourth-order valence-corrected chi connectivity index (χ4v) is 3.51. The van der Waals surface area contributed by atoms with Crippen molar-refractivity contribution in [3.05, 3.63) is 35.9 Å². The lowest BCUT2D eigenvalue weighted by Gasteiger charge is -2.12. The standard InChI is InChI=1S/C13H20N2O2S/c1-15-8-7-13(10-15)9-14-18(16,17)11-12-5-3-2-4-6-12/h2-6,13-14H,7-11H2,1H3. The van der Waals surface area contributed by atoms with Crippen LogP contribution in [-0.4, -0.2) is 40.0 Å². The molecule has 1 heterocycles. The molecule has 5 heteroatoms. The monoisotopic (exact) mass is 268 g/mol. The SMILES string of the molecule is CN1CCC(CNS(=O)(=O)Cc2ccccc2)C1. The Kier molecular flexibility index (Phi) is 4.37. The van der Waals surface area contributed by atoms with E-state index in [1.807, 2.05) is 30.3 Å². The zero-order valence-electron chi connectivity index (χ0n) is 10.7. The normalized spacial score (nSPS) is 21.3. The number of sulfonamides is 1. The molecule has 1 fully saturated rings. The second-order valence-electron chi connectivity index (χ2n) is 5.01. The number of hydrogen-bond donors (Lipinski definition) is 1.